The molecule has 2 atom stereocenters. The molecule has 0 aliphatic rings. The number of benzene rings is 2. The van der Waals surface area contributed by atoms with Crippen LogP contribution in [-0.2, 0) is 0 Å². The molecule has 0 spiro atoms. The van der Waals surface area contributed by atoms with Gasteiger partial charge in [0.15, 0.2) is 0 Å². The third-order valence-electron chi connectivity index (χ3n) is 4.61. The van der Waals surface area contributed by atoms with Crippen LogP contribution in [0.2, 0.25) is 0 Å². The highest BCUT2D eigenvalue weighted by Gasteiger charge is 2.13. The van der Waals surface area contributed by atoms with E-state index in [2.05, 4.69) is 47.4 Å². The second-order valence-corrected chi connectivity index (χ2v) is 8.29. The molecule has 0 aromatic heterocycles. The van der Waals surface area contributed by atoms with Crippen molar-refractivity contribution in [2.45, 2.75) is 12.1 Å². The average Bonchev–Trinajstić information content (AvgIpc) is 2.75. The highest BCUT2D eigenvalue weighted by Crippen LogP contribution is 2.22. The monoisotopic (exact) mass is 420 g/mol. The smallest absolute Gasteiger partial charge is 0.118 e. The lowest BCUT2D eigenvalue weighted by Gasteiger charge is -2.22. The van der Waals surface area contributed by atoms with Crippen molar-refractivity contribution in [1.82, 2.24) is 10.6 Å². The summed E-state index contributed by atoms with van der Waals surface area (Å²) in [4.78, 5) is 0. The molecule has 2 rings (SSSR count). The van der Waals surface area contributed by atoms with Gasteiger partial charge in [-0.05, 0) is 47.9 Å². The first-order chi connectivity index (χ1) is 13.7. The zero-order valence-electron chi connectivity index (χ0n) is 17.2. The van der Waals surface area contributed by atoms with E-state index in [1.807, 2.05) is 47.8 Å². The Hall–Kier alpha value is -1.34. The Morgan fingerprint density at radius 2 is 1.04 bits per heavy atom. The van der Waals surface area contributed by atoms with Crippen molar-refractivity contribution in [2.24, 2.45) is 0 Å². The van der Waals surface area contributed by atoms with Gasteiger partial charge in [0.2, 0.25) is 0 Å². The summed E-state index contributed by atoms with van der Waals surface area (Å²) in [7, 11) is 3.40. The summed E-state index contributed by atoms with van der Waals surface area (Å²) in [5.74, 6) is 3.87. The largest absolute Gasteiger partial charge is 0.497 e. The highest BCUT2D eigenvalue weighted by molar-refractivity contribution is 7.98. The summed E-state index contributed by atoms with van der Waals surface area (Å²) in [5, 5.41) is 7.38. The van der Waals surface area contributed by atoms with Crippen molar-refractivity contribution in [3.63, 3.8) is 0 Å². The summed E-state index contributed by atoms with van der Waals surface area (Å²) in [6.07, 6.45) is 4.29. The molecular formula is C22H32N2O2S2. The van der Waals surface area contributed by atoms with Crippen molar-refractivity contribution in [1.29, 1.82) is 0 Å². The topological polar surface area (TPSA) is 42.5 Å². The number of hydrogen-bond acceptors (Lipinski definition) is 6. The quantitative estimate of drug-likeness (QED) is 0.469. The number of hydrogen-bond donors (Lipinski definition) is 2. The normalized spacial score (nSPS) is 13.1. The van der Waals surface area contributed by atoms with Crippen LogP contribution in [0, 0.1) is 0 Å². The van der Waals surface area contributed by atoms with Crippen LogP contribution in [0.25, 0.3) is 0 Å². The Bertz CT molecular complexity index is 606. The van der Waals surface area contributed by atoms with Crippen LogP contribution in [0.3, 0.4) is 0 Å². The minimum absolute atomic E-state index is 0.336. The maximum absolute atomic E-state index is 5.27. The fourth-order valence-electron chi connectivity index (χ4n) is 3.04. The first-order valence-corrected chi connectivity index (χ1v) is 12.2. The average molecular weight is 421 g/mol. The van der Waals surface area contributed by atoms with Gasteiger partial charge < -0.3 is 20.1 Å². The fraction of sp³-hybridized carbons (Fsp3) is 0.455. The Morgan fingerprint density at radius 1 is 0.679 bits per heavy atom. The van der Waals surface area contributed by atoms with Crippen molar-refractivity contribution >= 4 is 23.5 Å². The molecule has 0 aliphatic heterocycles. The van der Waals surface area contributed by atoms with Gasteiger partial charge in [-0.2, -0.15) is 23.5 Å². The lowest BCUT2D eigenvalue weighted by molar-refractivity contribution is 0.414. The molecule has 154 valence electrons. The Balaban J connectivity index is 1.88. The number of rotatable bonds is 13. The van der Waals surface area contributed by atoms with Crippen molar-refractivity contribution < 1.29 is 9.47 Å². The fourth-order valence-corrected chi connectivity index (χ4v) is 4.33. The molecule has 4 nitrogen and oxygen atoms in total. The molecule has 2 aromatic rings. The van der Waals surface area contributed by atoms with Crippen LogP contribution in [0.1, 0.15) is 23.2 Å². The molecule has 6 heteroatoms. The third kappa shape index (κ3) is 7.24. The van der Waals surface area contributed by atoms with Crippen LogP contribution >= 0.6 is 23.5 Å². The molecular weight excluding hydrogens is 388 g/mol. The van der Waals surface area contributed by atoms with E-state index in [0.717, 1.165) is 36.1 Å². The summed E-state index contributed by atoms with van der Waals surface area (Å²) in [6.45, 7) is 1.83. The first-order valence-electron chi connectivity index (χ1n) is 9.44. The molecule has 0 bridgehead atoms. The van der Waals surface area contributed by atoms with Crippen molar-refractivity contribution in [3.8, 4) is 11.5 Å². The lowest BCUT2D eigenvalue weighted by Crippen LogP contribution is -2.34. The molecule has 28 heavy (non-hydrogen) atoms. The predicted molar refractivity (Wildman–Crippen MR) is 124 cm³/mol. The van der Waals surface area contributed by atoms with Gasteiger partial charge >= 0.3 is 0 Å². The van der Waals surface area contributed by atoms with Gasteiger partial charge in [-0.25, -0.2) is 0 Å². The SMILES string of the molecule is COc1ccc(C(CSC)NCCNC(CSC)c2ccc(OC)cc2)cc1. The highest BCUT2D eigenvalue weighted by atomic mass is 32.2. The second-order valence-electron chi connectivity index (χ2n) is 6.47. The van der Waals surface area contributed by atoms with E-state index in [-0.39, 0.29) is 0 Å². The van der Waals surface area contributed by atoms with Gasteiger partial charge in [-0.1, -0.05) is 24.3 Å². The van der Waals surface area contributed by atoms with E-state index in [1.165, 1.54) is 11.1 Å². The molecule has 0 heterocycles. The van der Waals surface area contributed by atoms with Gasteiger partial charge in [-0.15, -0.1) is 0 Å². The van der Waals surface area contributed by atoms with Gasteiger partial charge in [0.05, 0.1) is 14.2 Å². The van der Waals surface area contributed by atoms with E-state index >= 15 is 0 Å². The Labute approximate surface area is 178 Å². The van der Waals surface area contributed by atoms with E-state index in [0.29, 0.717) is 12.1 Å². The molecule has 0 saturated heterocycles. The summed E-state index contributed by atoms with van der Waals surface area (Å²) in [5.41, 5.74) is 2.59. The maximum atomic E-state index is 5.27. The standard InChI is InChI=1S/C22H32N2O2S2/c1-25-19-9-5-17(6-10-19)21(15-27-3)23-13-14-24-22(16-28-4)18-7-11-20(26-2)12-8-18/h5-12,21-24H,13-16H2,1-4H3. The van der Waals surface area contributed by atoms with E-state index < -0.39 is 0 Å². The van der Waals surface area contributed by atoms with Crippen LogP contribution in [0.15, 0.2) is 48.5 Å². The molecule has 0 saturated carbocycles. The van der Waals surface area contributed by atoms with Gasteiger partial charge in [0.25, 0.3) is 0 Å². The van der Waals surface area contributed by atoms with E-state index in [9.17, 15) is 0 Å². The number of nitrogens with one attached hydrogen (secondary N) is 2. The van der Waals surface area contributed by atoms with E-state index in [4.69, 9.17) is 9.47 Å². The van der Waals surface area contributed by atoms with Gasteiger partial charge in [0, 0.05) is 36.7 Å². The molecule has 0 fully saturated rings. The van der Waals surface area contributed by atoms with Crippen LogP contribution < -0.4 is 20.1 Å². The van der Waals surface area contributed by atoms with Crippen LogP contribution in [0.5, 0.6) is 11.5 Å². The minimum atomic E-state index is 0.336. The molecule has 2 unspecified atom stereocenters. The van der Waals surface area contributed by atoms with Gasteiger partial charge in [-0.3, -0.25) is 0 Å². The molecule has 0 aliphatic carbocycles. The lowest BCUT2D eigenvalue weighted by atomic mass is 10.1. The van der Waals surface area contributed by atoms with Crippen molar-refractivity contribution in [3.05, 3.63) is 59.7 Å². The third-order valence-corrected chi connectivity index (χ3v) is 5.94. The number of ether oxygens (including phenoxy) is 2. The minimum Gasteiger partial charge on any atom is -0.497 e. The van der Waals surface area contributed by atoms with Crippen LogP contribution in [0.4, 0.5) is 0 Å². The first kappa shape index (κ1) is 22.9. The molecule has 0 radical (unpaired) electrons. The predicted octanol–water partition coefficient (Wildman–Crippen LogP) is 4.39. The summed E-state index contributed by atoms with van der Waals surface area (Å²) in [6, 6.07) is 17.4. The molecule has 2 aromatic carbocycles. The number of methoxy groups -OCH3 is 2. The number of thioether (sulfide) groups is 2. The van der Waals surface area contributed by atoms with Crippen LogP contribution in [-0.4, -0.2) is 51.3 Å². The second kappa shape index (κ2) is 13.0. The molecule has 0 amide bonds. The Kier molecular flexibility index (Phi) is 10.6. The maximum Gasteiger partial charge on any atom is 0.118 e. The Morgan fingerprint density at radius 3 is 1.32 bits per heavy atom. The zero-order chi connectivity index (χ0) is 20.2. The summed E-state index contributed by atoms with van der Waals surface area (Å²) < 4.78 is 10.5. The zero-order valence-corrected chi connectivity index (χ0v) is 18.9. The van der Waals surface area contributed by atoms with Gasteiger partial charge in [0.1, 0.15) is 11.5 Å². The molecule has 2 N–H and O–H groups in total. The van der Waals surface area contributed by atoms with E-state index in [1.54, 1.807) is 14.2 Å². The van der Waals surface area contributed by atoms with Crippen molar-refractivity contribution in [2.75, 3.05) is 51.3 Å². The summed E-state index contributed by atoms with van der Waals surface area (Å²) >= 11 is 3.72.